The number of carbonyl (C=O) groups excluding carboxylic acids is 2. The number of anilines is 1. The topological polar surface area (TPSA) is 78.1 Å². The fraction of sp³-hybridized carbons (Fsp3) is 0.348. The van der Waals surface area contributed by atoms with Crippen molar-refractivity contribution in [2.45, 2.75) is 45.6 Å². The van der Waals surface area contributed by atoms with Crippen LogP contribution in [0.1, 0.15) is 60.4 Å². The molecule has 0 bridgehead atoms. The first-order chi connectivity index (χ1) is 14.4. The van der Waals surface area contributed by atoms with Crippen LogP contribution < -0.4 is 10.2 Å². The summed E-state index contributed by atoms with van der Waals surface area (Å²) in [5.41, 5.74) is 4.01. The second kappa shape index (κ2) is 8.48. The largest absolute Gasteiger partial charge is 0.342 e. The molecule has 4 rings (SSSR count). The molecule has 7 heteroatoms. The third-order valence-corrected chi connectivity index (χ3v) is 5.78. The molecule has 0 spiro atoms. The third-order valence-electron chi connectivity index (χ3n) is 5.54. The molecule has 0 saturated carbocycles. The highest BCUT2D eigenvalue weighted by atomic mass is 35.5. The number of benzene rings is 2. The lowest BCUT2D eigenvalue weighted by Crippen LogP contribution is -2.31. The number of carbonyl (C=O) groups is 2. The molecular weight excluding hydrogens is 400 g/mol. The molecule has 2 N–H and O–H groups in total. The van der Waals surface area contributed by atoms with Crippen molar-refractivity contribution in [3.8, 4) is 0 Å². The highest BCUT2D eigenvalue weighted by Crippen LogP contribution is 2.26. The zero-order chi connectivity index (χ0) is 21.3. The molecule has 1 saturated heterocycles. The molecule has 0 aliphatic carbocycles. The van der Waals surface area contributed by atoms with Crippen LogP contribution in [0.25, 0.3) is 11.0 Å². The molecule has 2 heterocycles. The molecule has 0 radical (unpaired) electrons. The van der Waals surface area contributed by atoms with Gasteiger partial charge in [0.2, 0.25) is 5.91 Å². The van der Waals surface area contributed by atoms with Crippen LogP contribution in [0.15, 0.2) is 36.4 Å². The first-order valence-corrected chi connectivity index (χ1v) is 10.7. The summed E-state index contributed by atoms with van der Waals surface area (Å²) >= 11 is 6.03. The van der Waals surface area contributed by atoms with Gasteiger partial charge in [0, 0.05) is 29.2 Å². The minimum Gasteiger partial charge on any atom is -0.342 e. The Morgan fingerprint density at radius 3 is 2.83 bits per heavy atom. The fourth-order valence-corrected chi connectivity index (χ4v) is 4.06. The normalized spacial score (nSPS) is 15.8. The molecule has 2 amide bonds. The Balaban J connectivity index is 1.50. The number of aryl methyl sites for hydroxylation is 1. The summed E-state index contributed by atoms with van der Waals surface area (Å²) in [6, 6.07) is 10.6. The number of hydrogen-bond acceptors (Lipinski definition) is 3. The van der Waals surface area contributed by atoms with Crippen LogP contribution in [-0.4, -0.2) is 28.3 Å². The quantitative estimate of drug-likeness (QED) is 0.623. The second-order valence-corrected chi connectivity index (χ2v) is 8.27. The maximum absolute atomic E-state index is 12.8. The Morgan fingerprint density at radius 2 is 2.03 bits per heavy atom. The monoisotopic (exact) mass is 424 g/mol. The van der Waals surface area contributed by atoms with E-state index in [9.17, 15) is 9.59 Å². The van der Waals surface area contributed by atoms with Gasteiger partial charge < -0.3 is 15.2 Å². The van der Waals surface area contributed by atoms with Crippen LogP contribution in [0.2, 0.25) is 5.02 Å². The number of fused-ring (bicyclic) bond motifs is 1. The lowest BCUT2D eigenvalue weighted by atomic mass is 10.1. The van der Waals surface area contributed by atoms with Gasteiger partial charge in [0.05, 0.1) is 17.1 Å². The van der Waals surface area contributed by atoms with Crippen molar-refractivity contribution in [3.05, 3.63) is 58.4 Å². The van der Waals surface area contributed by atoms with Gasteiger partial charge in [-0.25, -0.2) is 4.98 Å². The van der Waals surface area contributed by atoms with E-state index in [1.54, 1.807) is 12.1 Å². The Morgan fingerprint density at radius 1 is 1.20 bits per heavy atom. The van der Waals surface area contributed by atoms with Gasteiger partial charge in [0.15, 0.2) is 0 Å². The molecule has 1 aliphatic rings. The maximum Gasteiger partial charge on any atom is 0.251 e. The molecule has 1 aromatic heterocycles. The van der Waals surface area contributed by atoms with E-state index in [2.05, 4.69) is 15.3 Å². The van der Waals surface area contributed by atoms with Crippen LogP contribution >= 0.6 is 11.6 Å². The van der Waals surface area contributed by atoms with Crippen molar-refractivity contribution in [3.63, 3.8) is 0 Å². The second-order valence-electron chi connectivity index (χ2n) is 7.84. The summed E-state index contributed by atoms with van der Waals surface area (Å²) in [7, 11) is 0. The van der Waals surface area contributed by atoms with Crippen LogP contribution in [0.3, 0.4) is 0 Å². The third kappa shape index (κ3) is 4.19. The van der Waals surface area contributed by atoms with Crippen molar-refractivity contribution in [2.24, 2.45) is 0 Å². The fourth-order valence-electron chi connectivity index (χ4n) is 3.89. The molecular formula is C23H25ClN4O2. The number of rotatable bonds is 4. The standard InChI is InChI=1S/C23H25ClN4O2/c1-14-12-16(7-10-20(14)28-11-5-3-4-6-21(28)29)23(30)25-15(2)22-26-18-9-8-17(24)13-19(18)27-22/h7-10,12-13,15H,3-6,11H2,1-2H3,(H,25,30)(H,26,27)/t15-/m0/s1. The van der Waals surface area contributed by atoms with Crippen LogP contribution in [0, 0.1) is 6.92 Å². The van der Waals surface area contributed by atoms with Crippen LogP contribution in [0.4, 0.5) is 5.69 Å². The number of amides is 2. The first-order valence-electron chi connectivity index (χ1n) is 10.3. The van der Waals surface area contributed by atoms with Crippen molar-refractivity contribution >= 4 is 40.1 Å². The van der Waals surface area contributed by atoms with Gasteiger partial charge in [-0.2, -0.15) is 0 Å². The predicted molar refractivity (Wildman–Crippen MR) is 119 cm³/mol. The molecule has 3 aromatic rings. The maximum atomic E-state index is 12.8. The van der Waals surface area contributed by atoms with Gasteiger partial charge in [-0.3, -0.25) is 9.59 Å². The van der Waals surface area contributed by atoms with Crippen LogP contribution in [-0.2, 0) is 4.79 Å². The number of hydrogen-bond donors (Lipinski definition) is 2. The number of nitrogens with one attached hydrogen (secondary N) is 2. The summed E-state index contributed by atoms with van der Waals surface area (Å²) in [5, 5.41) is 3.62. The van der Waals surface area contributed by atoms with E-state index in [1.165, 1.54) is 0 Å². The van der Waals surface area contributed by atoms with Gasteiger partial charge in [-0.15, -0.1) is 0 Å². The van der Waals surface area contributed by atoms with Crippen molar-refractivity contribution < 1.29 is 9.59 Å². The van der Waals surface area contributed by atoms with E-state index >= 15 is 0 Å². The van der Waals surface area contributed by atoms with Gasteiger partial charge in [-0.05, 0) is 68.7 Å². The summed E-state index contributed by atoms with van der Waals surface area (Å²) in [5.74, 6) is 0.647. The summed E-state index contributed by atoms with van der Waals surface area (Å²) in [6.07, 6.45) is 3.62. The van der Waals surface area contributed by atoms with Crippen molar-refractivity contribution in [1.82, 2.24) is 15.3 Å². The predicted octanol–water partition coefficient (Wildman–Crippen LogP) is 4.92. The molecule has 1 fully saturated rings. The van der Waals surface area contributed by atoms with E-state index in [0.29, 0.717) is 22.8 Å². The lowest BCUT2D eigenvalue weighted by Gasteiger charge is -2.23. The van der Waals surface area contributed by atoms with Crippen LogP contribution in [0.5, 0.6) is 0 Å². The molecule has 2 aromatic carbocycles. The molecule has 30 heavy (non-hydrogen) atoms. The van der Waals surface area contributed by atoms with Crippen molar-refractivity contribution in [1.29, 1.82) is 0 Å². The first kappa shape index (κ1) is 20.4. The number of nitrogens with zero attached hydrogens (tertiary/aromatic N) is 2. The molecule has 0 unspecified atom stereocenters. The van der Waals surface area contributed by atoms with E-state index < -0.39 is 0 Å². The highest BCUT2D eigenvalue weighted by Gasteiger charge is 2.21. The smallest absolute Gasteiger partial charge is 0.251 e. The van der Waals surface area contributed by atoms with E-state index in [0.717, 1.165) is 48.1 Å². The summed E-state index contributed by atoms with van der Waals surface area (Å²) in [6.45, 7) is 4.56. The van der Waals surface area contributed by atoms with Crippen molar-refractivity contribution in [2.75, 3.05) is 11.4 Å². The minimum atomic E-state index is -0.296. The summed E-state index contributed by atoms with van der Waals surface area (Å²) in [4.78, 5) is 34.8. The summed E-state index contributed by atoms with van der Waals surface area (Å²) < 4.78 is 0. The Hall–Kier alpha value is -2.86. The highest BCUT2D eigenvalue weighted by molar-refractivity contribution is 6.31. The number of aromatic nitrogens is 2. The number of imidazole rings is 1. The van der Waals surface area contributed by atoms with E-state index in [-0.39, 0.29) is 17.9 Å². The SMILES string of the molecule is Cc1cc(C(=O)N[C@@H](C)c2nc3ccc(Cl)cc3[nH]2)ccc1N1CCCCCC1=O. The zero-order valence-electron chi connectivity index (χ0n) is 17.2. The minimum absolute atomic E-state index is 0.159. The Labute approximate surface area is 180 Å². The average Bonchev–Trinajstić information content (AvgIpc) is 3.02. The van der Waals surface area contributed by atoms with E-state index in [4.69, 9.17) is 11.6 Å². The Kier molecular flexibility index (Phi) is 5.77. The average molecular weight is 425 g/mol. The van der Waals surface area contributed by atoms with Gasteiger partial charge in [0.1, 0.15) is 5.82 Å². The molecule has 156 valence electrons. The number of aromatic amines is 1. The van der Waals surface area contributed by atoms with Gasteiger partial charge >= 0.3 is 0 Å². The number of H-pyrrole nitrogens is 1. The Bertz CT molecular complexity index is 1110. The zero-order valence-corrected chi connectivity index (χ0v) is 17.9. The number of halogens is 1. The molecule has 6 nitrogen and oxygen atoms in total. The molecule has 1 atom stereocenters. The van der Waals surface area contributed by atoms with Gasteiger partial charge in [0.25, 0.3) is 5.91 Å². The molecule has 1 aliphatic heterocycles. The lowest BCUT2D eigenvalue weighted by molar-refractivity contribution is -0.118. The van der Waals surface area contributed by atoms with E-state index in [1.807, 2.05) is 43.0 Å². The van der Waals surface area contributed by atoms with Gasteiger partial charge in [-0.1, -0.05) is 18.0 Å².